The van der Waals surface area contributed by atoms with E-state index in [-0.39, 0.29) is 18.8 Å². The summed E-state index contributed by atoms with van der Waals surface area (Å²) < 4.78 is 5.52. The van der Waals surface area contributed by atoms with Gasteiger partial charge in [-0.25, -0.2) is 0 Å². The van der Waals surface area contributed by atoms with Crippen LogP contribution in [0.3, 0.4) is 0 Å². The van der Waals surface area contributed by atoms with E-state index < -0.39 is 5.97 Å². The van der Waals surface area contributed by atoms with Crippen LogP contribution in [-0.4, -0.2) is 36.2 Å². The lowest BCUT2D eigenvalue weighted by Crippen LogP contribution is -2.21. The van der Waals surface area contributed by atoms with Crippen LogP contribution in [0.1, 0.15) is 18.9 Å². The zero-order valence-corrected chi connectivity index (χ0v) is 11.6. The van der Waals surface area contributed by atoms with Gasteiger partial charge >= 0.3 is 5.97 Å². The Morgan fingerprint density at radius 3 is 2.67 bits per heavy atom. The van der Waals surface area contributed by atoms with E-state index in [9.17, 15) is 4.79 Å². The van der Waals surface area contributed by atoms with E-state index in [4.69, 9.17) is 9.84 Å². The topological polar surface area (TPSA) is 49.8 Å². The smallest absolute Gasteiger partial charge is 0.304 e. The largest absolute Gasteiger partial charge is 0.494 e. The first-order valence-corrected chi connectivity index (χ1v) is 5.74. The minimum atomic E-state index is -0.769. The van der Waals surface area contributed by atoms with E-state index in [1.165, 1.54) is 0 Å². The first-order chi connectivity index (χ1) is 8.13. The minimum Gasteiger partial charge on any atom is -0.494 e. The number of halogens is 1. The highest BCUT2D eigenvalue weighted by Gasteiger charge is 2.07. The van der Waals surface area contributed by atoms with Gasteiger partial charge in [-0.2, -0.15) is 0 Å². The molecule has 0 bridgehead atoms. The molecule has 0 saturated carbocycles. The van der Waals surface area contributed by atoms with E-state index in [1.54, 1.807) is 0 Å². The summed E-state index contributed by atoms with van der Waals surface area (Å²) in [6.07, 6.45) is 0.160. The van der Waals surface area contributed by atoms with Gasteiger partial charge in [-0.15, -0.1) is 12.4 Å². The molecule has 1 rings (SSSR count). The third-order valence-electron chi connectivity index (χ3n) is 2.42. The maximum absolute atomic E-state index is 10.5. The van der Waals surface area contributed by atoms with Gasteiger partial charge in [-0.3, -0.25) is 4.79 Å². The second-order valence-corrected chi connectivity index (χ2v) is 3.92. The predicted octanol–water partition coefficient (Wildman–Crippen LogP) is 2.41. The summed E-state index contributed by atoms with van der Waals surface area (Å²) in [5.41, 5.74) is 1.09. The molecule has 1 N–H and O–H groups in total. The van der Waals surface area contributed by atoms with Crippen LogP contribution in [0.25, 0.3) is 0 Å². The van der Waals surface area contributed by atoms with Crippen molar-refractivity contribution < 1.29 is 14.6 Å². The van der Waals surface area contributed by atoms with Crippen LogP contribution in [0.4, 0.5) is 0 Å². The van der Waals surface area contributed by atoms with Crippen LogP contribution in [0, 0.1) is 0 Å². The highest BCUT2D eigenvalue weighted by molar-refractivity contribution is 5.85. The molecule has 0 radical (unpaired) electrons. The Labute approximate surface area is 114 Å². The number of nitrogens with zero attached hydrogens (tertiary/aromatic N) is 1. The Balaban J connectivity index is 0.00000289. The third-order valence-corrected chi connectivity index (χ3v) is 2.42. The lowest BCUT2D eigenvalue weighted by atomic mass is 10.2. The molecule has 1 aromatic carbocycles. The molecule has 4 nitrogen and oxygen atoms in total. The third kappa shape index (κ3) is 5.89. The first-order valence-electron chi connectivity index (χ1n) is 5.74. The van der Waals surface area contributed by atoms with Crippen LogP contribution in [-0.2, 0) is 11.3 Å². The lowest BCUT2D eigenvalue weighted by molar-refractivity contribution is -0.137. The van der Waals surface area contributed by atoms with Crippen molar-refractivity contribution in [3.63, 3.8) is 0 Å². The number of benzene rings is 1. The molecule has 0 amide bonds. The number of para-hydroxylation sites is 1. The Morgan fingerprint density at radius 1 is 1.39 bits per heavy atom. The van der Waals surface area contributed by atoms with Gasteiger partial charge < -0.3 is 14.7 Å². The molecule has 18 heavy (non-hydrogen) atoms. The monoisotopic (exact) mass is 273 g/mol. The lowest BCUT2D eigenvalue weighted by Gasteiger charge is -2.17. The normalized spacial score (nSPS) is 9.94. The van der Waals surface area contributed by atoms with Crippen molar-refractivity contribution >= 4 is 18.4 Å². The van der Waals surface area contributed by atoms with E-state index in [0.29, 0.717) is 19.7 Å². The molecule has 102 valence electrons. The summed E-state index contributed by atoms with van der Waals surface area (Å²) in [6, 6.07) is 7.83. The predicted molar refractivity (Wildman–Crippen MR) is 73.4 cm³/mol. The van der Waals surface area contributed by atoms with Crippen molar-refractivity contribution in [2.75, 3.05) is 20.2 Å². The summed E-state index contributed by atoms with van der Waals surface area (Å²) in [5.74, 6) is 0.104. The van der Waals surface area contributed by atoms with E-state index in [2.05, 4.69) is 0 Å². The summed E-state index contributed by atoms with van der Waals surface area (Å²) in [5, 5.41) is 8.62. The maximum atomic E-state index is 10.5. The van der Waals surface area contributed by atoms with E-state index >= 15 is 0 Å². The molecule has 0 fully saturated rings. The molecule has 1 aromatic rings. The molecule has 0 unspecified atom stereocenters. The van der Waals surface area contributed by atoms with Crippen LogP contribution in [0.15, 0.2) is 24.3 Å². The maximum Gasteiger partial charge on any atom is 0.304 e. The van der Waals surface area contributed by atoms with Gasteiger partial charge in [-0.1, -0.05) is 18.2 Å². The van der Waals surface area contributed by atoms with Crippen molar-refractivity contribution in [2.45, 2.75) is 19.9 Å². The highest BCUT2D eigenvalue weighted by Crippen LogP contribution is 2.19. The number of rotatable bonds is 7. The number of carboxylic acid groups (broad SMARTS) is 1. The van der Waals surface area contributed by atoms with Crippen molar-refractivity contribution in [3.05, 3.63) is 29.8 Å². The van der Waals surface area contributed by atoms with Crippen LogP contribution < -0.4 is 4.74 Å². The minimum absolute atomic E-state index is 0. The highest BCUT2D eigenvalue weighted by atomic mass is 35.5. The molecule has 0 heterocycles. The van der Waals surface area contributed by atoms with Crippen molar-refractivity contribution in [1.82, 2.24) is 4.90 Å². The van der Waals surface area contributed by atoms with Gasteiger partial charge in [0.1, 0.15) is 5.75 Å². The Kier molecular flexibility index (Phi) is 8.16. The Hall–Kier alpha value is -1.26. The second kappa shape index (κ2) is 8.78. The van der Waals surface area contributed by atoms with Crippen molar-refractivity contribution in [3.8, 4) is 5.75 Å². The van der Waals surface area contributed by atoms with E-state index in [0.717, 1.165) is 11.3 Å². The zero-order chi connectivity index (χ0) is 12.7. The molecule has 5 heteroatoms. The average molecular weight is 274 g/mol. The molecule has 0 saturated heterocycles. The molecule has 0 atom stereocenters. The van der Waals surface area contributed by atoms with Gasteiger partial charge in [-0.05, 0) is 20.0 Å². The number of hydrogen-bond acceptors (Lipinski definition) is 3. The zero-order valence-electron chi connectivity index (χ0n) is 10.8. The molecule has 0 aromatic heterocycles. The summed E-state index contributed by atoms with van der Waals surface area (Å²) in [6.45, 7) is 3.82. The van der Waals surface area contributed by atoms with Crippen molar-refractivity contribution in [1.29, 1.82) is 0 Å². The number of carboxylic acids is 1. The molecular weight excluding hydrogens is 254 g/mol. The molecule has 0 aliphatic rings. The fraction of sp³-hybridized carbons (Fsp3) is 0.462. The molecule has 0 aliphatic carbocycles. The fourth-order valence-corrected chi connectivity index (χ4v) is 1.59. The van der Waals surface area contributed by atoms with Gasteiger partial charge in [0, 0.05) is 18.7 Å². The molecule has 0 spiro atoms. The number of aliphatic carboxylic acids is 1. The number of ether oxygens (including phenoxy) is 1. The first kappa shape index (κ1) is 16.7. The Morgan fingerprint density at radius 2 is 2.06 bits per heavy atom. The van der Waals surface area contributed by atoms with E-state index in [1.807, 2.05) is 43.1 Å². The number of carbonyl (C=O) groups is 1. The molecule has 0 aliphatic heterocycles. The van der Waals surface area contributed by atoms with Gasteiger partial charge in [0.15, 0.2) is 0 Å². The van der Waals surface area contributed by atoms with Crippen LogP contribution in [0.5, 0.6) is 5.75 Å². The Bertz CT molecular complexity index is 371. The summed E-state index contributed by atoms with van der Waals surface area (Å²) in [4.78, 5) is 12.5. The molecular formula is C13H20ClNO3. The van der Waals surface area contributed by atoms with Gasteiger partial charge in [0.05, 0.1) is 13.0 Å². The van der Waals surface area contributed by atoms with Crippen LogP contribution in [0.2, 0.25) is 0 Å². The van der Waals surface area contributed by atoms with Crippen LogP contribution >= 0.6 is 12.4 Å². The SMILES string of the molecule is CCOc1ccccc1CN(C)CCC(=O)O.Cl. The van der Waals surface area contributed by atoms with Gasteiger partial charge in [0.25, 0.3) is 0 Å². The summed E-state index contributed by atoms with van der Waals surface area (Å²) in [7, 11) is 1.91. The quantitative estimate of drug-likeness (QED) is 0.829. The fourth-order valence-electron chi connectivity index (χ4n) is 1.59. The second-order valence-electron chi connectivity index (χ2n) is 3.92. The standard InChI is InChI=1S/C13H19NO3.ClH/c1-3-17-12-7-5-4-6-11(12)10-14(2)9-8-13(15)16;/h4-7H,3,8-10H2,1-2H3,(H,15,16);1H. The van der Waals surface area contributed by atoms with Crippen molar-refractivity contribution in [2.24, 2.45) is 0 Å². The number of hydrogen-bond donors (Lipinski definition) is 1. The average Bonchev–Trinajstić information content (AvgIpc) is 2.29. The van der Waals surface area contributed by atoms with Gasteiger partial charge in [0.2, 0.25) is 0 Å². The summed E-state index contributed by atoms with van der Waals surface area (Å²) >= 11 is 0.